The maximum atomic E-state index is 12.3. The lowest BCUT2D eigenvalue weighted by atomic mass is 10.2. The van der Waals surface area contributed by atoms with Gasteiger partial charge in [-0.05, 0) is 36.4 Å². The monoisotopic (exact) mass is 369 g/mol. The SMILES string of the molecule is COC(=O)c1ccc(NC(=O)CN2CCN(c3ccccc3O)CC2)cc1. The summed E-state index contributed by atoms with van der Waals surface area (Å²) in [5.74, 6) is -0.230. The summed E-state index contributed by atoms with van der Waals surface area (Å²) in [6.07, 6.45) is 0. The van der Waals surface area contributed by atoms with Crippen LogP contribution in [-0.2, 0) is 9.53 Å². The molecule has 0 aliphatic carbocycles. The van der Waals surface area contributed by atoms with Gasteiger partial charge in [-0.3, -0.25) is 9.69 Å². The number of phenolic OH excluding ortho intramolecular Hbond substituents is 1. The molecule has 0 bridgehead atoms. The minimum Gasteiger partial charge on any atom is -0.506 e. The van der Waals surface area contributed by atoms with E-state index >= 15 is 0 Å². The molecule has 1 heterocycles. The Bertz CT molecular complexity index is 799. The molecule has 1 aliphatic rings. The van der Waals surface area contributed by atoms with Crippen LogP contribution in [0.2, 0.25) is 0 Å². The average Bonchev–Trinajstić information content (AvgIpc) is 2.69. The van der Waals surface area contributed by atoms with Crippen molar-refractivity contribution in [2.45, 2.75) is 0 Å². The fourth-order valence-corrected chi connectivity index (χ4v) is 3.09. The second kappa shape index (κ2) is 8.55. The number of hydrogen-bond donors (Lipinski definition) is 2. The number of hydrogen-bond acceptors (Lipinski definition) is 6. The van der Waals surface area contributed by atoms with Crippen LogP contribution < -0.4 is 10.2 Å². The summed E-state index contributed by atoms with van der Waals surface area (Å²) in [6, 6.07) is 13.9. The predicted molar refractivity (Wildman–Crippen MR) is 103 cm³/mol. The lowest BCUT2D eigenvalue weighted by molar-refractivity contribution is -0.117. The number of para-hydroxylation sites is 2. The molecule has 0 saturated carbocycles. The van der Waals surface area contributed by atoms with Crippen LogP contribution in [0.25, 0.3) is 0 Å². The number of esters is 1. The van der Waals surface area contributed by atoms with Gasteiger partial charge in [0.05, 0.1) is 24.9 Å². The van der Waals surface area contributed by atoms with Crippen LogP contribution in [0.3, 0.4) is 0 Å². The first-order valence-electron chi connectivity index (χ1n) is 8.80. The number of piperazine rings is 1. The van der Waals surface area contributed by atoms with Crippen molar-refractivity contribution >= 4 is 23.3 Å². The fourth-order valence-electron chi connectivity index (χ4n) is 3.09. The first kappa shape index (κ1) is 18.7. The maximum Gasteiger partial charge on any atom is 0.337 e. The quantitative estimate of drug-likeness (QED) is 0.784. The molecule has 2 aromatic carbocycles. The molecular weight excluding hydrogens is 346 g/mol. The summed E-state index contributed by atoms with van der Waals surface area (Å²) >= 11 is 0. The Morgan fingerprint density at radius 2 is 1.70 bits per heavy atom. The molecule has 1 amide bonds. The number of amides is 1. The van der Waals surface area contributed by atoms with E-state index in [9.17, 15) is 14.7 Å². The van der Waals surface area contributed by atoms with Crippen LogP contribution in [0.5, 0.6) is 5.75 Å². The minimum atomic E-state index is -0.407. The van der Waals surface area contributed by atoms with Crippen molar-refractivity contribution in [1.29, 1.82) is 0 Å². The molecule has 1 saturated heterocycles. The number of rotatable bonds is 5. The highest BCUT2D eigenvalue weighted by Gasteiger charge is 2.20. The Kier molecular flexibility index (Phi) is 5.93. The van der Waals surface area contributed by atoms with Crippen LogP contribution in [0, 0.1) is 0 Å². The summed E-state index contributed by atoms with van der Waals surface area (Å²) < 4.78 is 4.65. The highest BCUT2D eigenvalue weighted by molar-refractivity contribution is 5.94. The van der Waals surface area contributed by atoms with Crippen LogP contribution in [0.15, 0.2) is 48.5 Å². The lowest BCUT2D eigenvalue weighted by Crippen LogP contribution is -2.48. The molecule has 0 spiro atoms. The highest BCUT2D eigenvalue weighted by Crippen LogP contribution is 2.27. The van der Waals surface area contributed by atoms with Gasteiger partial charge in [0.2, 0.25) is 5.91 Å². The second-order valence-electron chi connectivity index (χ2n) is 6.37. The van der Waals surface area contributed by atoms with Crippen molar-refractivity contribution in [3.63, 3.8) is 0 Å². The van der Waals surface area contributed by atoms with Gasteiger partial charge in [0.15, 0.2) is 0 Å². The first-order valence-corrected chi connectivity index (χ1v) is 8.80. The number of anilines is 2. The zero-order valence-corrected chi connectivity index (χ0v) is 15.2. The van der Waals surface area contributed by atoms with Crippen molar-refractivity contribution in [2.24, 2.45) is 0 Å². The second-order valence-corrected chi connectivity index (χ2v) is 6.37. The van der Waals surface area contributed by atoms with E-state index in [2.05, 4.69) is 19.9 Å². The van der Waals surface area contributed by atoms with E-state index < -0.39 is 5.97 Å². The van der Waals surface area contributed by atoms with E-state index in [-0.39, 0.29) is 11.7 Å². The first-order chi connectivity index (χ1) is 13.1. The molecule has 2 aromatic rings. The number of benzene rings is 2. The van der Waals surface area contributed by atoms with Crippen molar-refractivity contribution < 1.29 is 19.4 Å². The molecular formula is C20H23N3O4. The molecule has 0 radical (unpaired) electrons. The van der Waals surface area contributed by atoms with Crippen molar-refractivity contribution in [3.8, 4) is 5.75 Å². The Balaban J connectivity index is 1.48. The van der Waals surface area contributed by atoms with E-state index in [4.69, 9.17) is 0 Å². The number of nitrogens with one attached hydrogen (secondary N) is 1. The Morgan fingerprint density at radius 1 is 1.04 bits per heavy atom. The minimum absolute atomic E-state index is 0.100. The summed E-state index contributed by atoms with van der Waals surface area (Å²) in [5, 5.41) is 12.8. The third-order valence-electron chi connectivity index (χ3n) is 4.55. The van der Waals surface area contributed by atoms with E-state index in [1.54, 1.807) is 36.4 Å². The molecule has 1 aliphatic heterocycles. The molecule has 3 rings (SSSR count). The zero-order valence-electron chi connectivity index (χ0n) is 15.2. The molecule has 142 valence electrons. The van der Waals surface area contributed by atoms with Gasteiger partial charge in [-0.15, -0.1) is 0 Å². The Hall–Kier alpha value is -3.06. The summed E-state index contributed by atoms with van der Waals surface area (Å²) in [6.45, 7) is 3.27. The van der Waals surface area contributed by atoms with Crippen molar-refractivity contribution in [1.82, 2.24) is 4.90 Å². The van der Waals surface area contributed by atoms with Gasteiger partial charge in [0.1, 0.15) is 5.75 Å². The standard InChI is InChI=1S/C20H23N3O4/c1-27-20(26)15-6-8-16(9-7-15)21-19(25)14-22-10-12-23(13-11-22)17-4-2-3-5-18(17)24/h2-9,24H,10-14H2,1H3,(H,21,25). The number of carbonyl (C=O) groups is 2. The van der Waals surface area contributed by atoms with E-state index in [0.29, 0.717) is 17.8 Å². The van der Waals surface area contributed by atoms with Gasteiger partial charge >= 0.3 is 5.97 Å². The van der Waals surface area contributed by atoms with Gasteiger partial charge in [0.25, 0.3) is 0 Å². The third kappa shape index (κ3) is 4.77. The third-order valence-corrected chi connectivity index (χ3v) is 4.55. The van der Waals surface area contributed by atoms with Crippen molar-refractivity contribution in [2.75, 3.05) is 50.1 Å². The molecule has 27 heavy (non-hydrogen) atoms. The molecule has 2 N–H and O–H groups in total. The van der Waals surface area contributed by atoms with Crippen LogP contribution in [0.1, 0.15) is 10.4 Å². The number of ether oxygens (including phenoxy) is 1. The number of carbonyl (C=O) groups excluding carboxylic acids is 2. The fraction of sp³-hybridized carbons (Fsp3) is 0.300. The topological polar surface area (TPSA) is 82.1 Å². The van der Waals surface area contributed by atoms with Gasteiger partial charge in [0, 0.05) is 31.9 Å². The number of methoxy groups -OCH3 is 1. The number of phenols is 1. The van der Waals surface area contributed by atoms with Gasteiger partial charge in [-0.25, -0.2) is 4.79 Å². The number of aromatic hydroxyl groups is 1. The summed E-state index contributed by atoms with van der Waals surface area (Å²) in [4.78, 5) is 27.9. The zero-order chi connectivity index (χ0) is 19.2. The number of nitrogens with zero attached hydrogens (tertiary/aromatic N) is 2. The van der Waals surface area contributed by atoms with Gasteiger partial charge in [-0.1, -0.05) is 12.1 Å². The molecule has 7 nitrogen and oxygen atoms in total. The molecule has 1 fully saturated rings. The molecule has 0 unspecified atom stereocenters. The summed E-state index contributed by atoms with van der Waals surface area (Å²) in [7, 11) is 1.33. The molecule has 0 aromatic heterocycles. The Morgan fingerprint density at radius 3 is 2.33 bits per heavy atom. The highest BCUT2D eigenvalue weighted by atomic mass is 16.5. The van der Waals surface area contributed by atoms with Gasteiger partial charge < -0.3 is 20.1 Å². The lowest BCUT2D eigenvalue weighted by Gasteiger charge is -2.35. The average molecular weight is 369 g/mol. The van der Waals surface area contributed by atoms with Gasteiger partial charge in [-0.2, -0.15) is 0 Å². The largest absolute Gasteiger partial charge is 0.506 e. The maximum absolute atomic E-state index is 12.3. The smallest absolute Gasteiger partial charge is 0.337 e. The van der Waals surface area contributed by atoms with Crippen molar-refractivity contribution in [3.05, 3.63) is 54.1 Å². The van der Waals surface area contributed by atoms with E-state index in [0.717, 1.165) is 31.9 Å². The van der Waals surface area contributed by atoms with E-state index in [1.165, 1.54) is 7.11 Å². The Labute approximate surface area is 158 Å². The molecule has 7 heteroatoms. The predicted octanol–water partition coefficient (Wildman–Crippen LogP) is 1.94. The normalized spacial score (nSPS) is 14.6. The molecule has 0 atom stereocenters. The van der Waals surface area contributed by atoms with E-state index in [1.807, 2.05) is 12.1 Å². The van der Waals surface area contributed by atoms with Crippen LogP contribution in [0.4, 0.5) is 11.4 Å². The summed E-state index contributed by atoms with van der Waals surface area (Å²) in [5.41, 5.74) is 1.91. The van der Waals surface area contributed by atoms with Crippen LogP contribution in [-0.4, -0.2) is 61.7 Å². The van der Waals surface area contributed by atoms with Crippen LogP contribution >= 0.6 is 0 Å².